The second-order valence-electron chi connectivity index (χ2n) is 4.65. The number of carbonyl (C=O) groups is 1. The Morgan fingerprint density at radius 1 is 1.53 bits per heavy atom. The molecule has 3 heteroatoms. The summed E-state index contributed by atoms with van der Waals surface area (Å²) >= 11 is 0. The van der Waals surface area contributed by atoms with Gasteiger partial charge in [0.05, 0.1) is 5.69 Å². The molecule has 1 saturated carbocycles. The highest BCUT2D eigenvalue weighted by molar-refractivity contribution is 5.72. The lowest BCUT2D eigenvalue weighted by Crippen LogP contribution is -2.53. The first-order chi connectivity index (χ1) is 7.18. The number of hydrogen-bond acceptors (Lipinski definition) is 2. The van der Waals surface area contributed by atoms with Gasteiger partial charge in [0, 0.05) is 18.3 Å². The van der Waals surface area contributed by atoms with Crippen LogP contribution in [0.5, 0.6) is 0 Å². The fraction of sp³-hybridized carbons (Fsp3) is 0.583. The Morgan fingerprint density at radius 3 is 2.73 bits per heavy atom. The quantitative estimate of drug-likeness (QED) is 0.702. The molecule has 0 saturated heterocycles. The van der Waals surface area contributed by atoms with Gasteiger partial charge >= 0.3 is 0 Å². The lowest BCUT2D eigenvalue weighted by Gasteiger charge is -2.47. The molecule has 1 aliphatic rings. The maximum atomic E-state index is 10.8. The number of rotatable bonds is 4. The van der Waals surface area contributed by atoms with Crippen LogP contribution < -0.4 is 0 Å². The molecule has 1 aliphatic carbocycles. The fourth-order valence-electron chi connectivity index (χ4n) is 2.33. The molecule has 0 aromatic carbocycles. The lowest BCUT2D eigenvalue weighted by atomic mass is 9.75. The van der Waals surface area contributed by atoms with Gasteiger partial charge in [0.1, 0.15) is 0 Å². The van der Waals surface area contributed by atoms with E-state index >= 15 is 0 Å². The Hall–Kier alpha value is -1.09. The summed E-state index contributed by atoms with van der Waals surface area (Å²) in [6.07, 6.45) is 6.69. The fourth-order valence-corrected chi connectivity index (χ4v) is 2.33. The zero-order valence-corrected chi connectivity index (χ0v) is 9.44. The zero-order chi connectivity index (χ0) is 10.9. The van der Waals surface area contributed by atoms with E-state index in [0.29, 0.717) is 0 Å². The molecule has 1 aromatic heterocycles. The molecule has 2 rings (SSSR count). The molecule has 1 fully saturated rings. The summed E-state index contributed by atoms with van der Waals surface area (Å²) in [5.74, 6) is 0. The van der Waals surface area contributed by atoms with Crippen molar-refractivity contribution in [3.8, 4) is 0 Å². The molecular formula is C12H18N2O. The first-order valence-electron chi connectivity index (χ1n) is 5.46. The standard InChI is InChI=1S/C12H18N2O/c1-13(2)12(6-4-7-12)10-14-8-3-5-11(14)9-15/h3,5,8-9H,4,6-7,10H2,1-2H3. The largest absolute Gasteiger partial charge is 0.343 e. The molecule has 1 heterocycles. The van der Waals surface area contributed by atoms with Crippen LogP contribution in [-0.4, -0.2) is 35.4 Å². The van der Waals surface area contributed by atoms with Gasteiger partial charge < -0.3 is 9.47 Å². The SMILES string of the molecule is CN(C)C1(Cn2cccc2C=O)CCC1. The highest BCUT2D eigenvalue weighted by Crippen LogP contribution is 2.37. The van der Waals surface area contributed by atoms with Crippen LogP contribution in [0.15, 0.2) is 18.3 Å². The van der Waals surface area contributed by atoms with Crippen molar-refractivity contribution >= 4 is 6.29 Å². The van der Waals surface area contributed by atoms with Crippen LogP contribution in [0.1, 0.15) is 29.8 Å². The number of carbonyl (C=O) groups excluding carboxylic acids is 1. The number of nitrogens with zero attached hydrogens (tertiary/aromatic N) is 2. The van der Waals surface area contributed by atoms with E-state index in [1.807, 2.05) is 18.3 Å². The van der Waals surface area contributed by atoms with E-state index in [-0.39, 0.29) is 5.54 Å². The third-order valence-corrected chi connectivity index (χ3v) is 3.68. The minimum Gasteiger partial charge on any atom is -0.343 e. The lowest BCUT2D eigenvalue weighted by molar-refractivity contribution is 0.0419. The monoisotopic (exact) mass is 206 g/mol. The van der Waals surface area contributed by atoms with Gasteiger partial charge in [0.2, 0.25) is 0 Å². The number of aldehydes is 1. The van der Waals surface area contributed by atoms with Crippen LogP contribution in [0.4, 0.5) is 0 Å². The highest BCUT2D eigenvalue weighted by Gasteiger charge is 2.39. The van der Waals surface area contributed by atoms with Gasteiger partial charge in [-0.25, -0.2) is 0 Å². The summed E-state index contributed by atoms with van der Waals surface area (Å²) in [5.41, 5.74) is 1.06. The van der Waals surface area contributed by atoms with Crippen molar-refractivity contribution in [2.45, 2.75) is 31.3 Å². The third kappa shape index (κ3) is 1.72. The molecule has 15 heavy (non-hydrogen) atoms. The van der Waals surface area contributed by atoms with Crippen molar-refractivity contribution in [2.24, 2.45) is 0 Å². The first-order valence-corrected chi connectivity index (χ1v) is 5.46. The summed E-state index contributed by atoms with van der Waals surface area (Å²) in [7, 11) is 4.26. The van der Waals surface area contributed by atoms with E-state index in [1.54, 1.807) is 0 Å². The van der Waals surface area contributed by atoms with Gasteiger partial charge in [-0.1, -0.05) is 0 Å². The molecule has 0 bridgehead atoms. The van der Waals surface area contributed by atoms with Crippen molar-refractivity contribution in [3.05, 3.63) is 24.0 Å². The van der Waals surface area contributed by atoms with E-state index in [9.17, 15) is 4.79 Å². The van der Waals surface area contributed by atoms with Crippen LogP contribution in [-0.2, 0) is 6.54 Å². The van der Waals surface area contributed by atoms with Gasteiger partial charge in [-0.15, -0.1) is 0 Å². The smallest absolute Gasteiger partial charge is 0.166 e. The van der Waals surface area contributed by atoms with E-state index < -0.39 is 0 Å². The van der Waals surface area contributed by atoms with Crippen molar-refractivity contribution in [2.75, 3.05) is 14.1 Å². The molecule has 0 atom stereocenters. The number of aromatic nitrogens is 1. The molecule has 0 unspecified atom stereocenters. The van der Waals surface area contributed by atoms with Crippen LogP contribution in [0.3, 0.4) is 0 Å². The normalized spacial score (nSPS) is 18.9. The Kier molecular flexibility index (Phi) is 2.65. The van der Waals surface area contributed by atoms with Crippen LogP contribution >= 0.6 is 0 Å². The average molecular weight is 206 g/mol. The molecule has 82 valence electrons. The molecule has 1 aromatic rings. The minimum atomic E-state index is 0.275. The highest BCUT2D eigenvalue weighted by atomic mass is 16.1. The minimum absolute atomic E-state index is 0.275. The third-order valence-electron chi connectivity index (χ3n) is 3.68. The van der Waals surface area contributed by atoms with Crippen molar-refractivity contribution in [3.63, 3.8) is 0 Å². The molecule has 0 aliphatic heterocycles. The van der Waals surface area contributed by atoms with Gasteiger partial charge in [-0.05, 0) is 45.5 Å². The molecule has 0 spiro atoms. The van der Waals surface area contributed by atoms with Crippen LogP contribution in [0, 0.1) is 0 Å². The van der Waals surface area contributed by atoms with Crippen LogP contribution in [0.25, 0.3) is 0 Å². The van der Waals surface area contributed by atoms with E-state index in [2.05, 4.69) is 23.6 Å². The second kappa shape index (κ2) is 3.81. The van der Waals surface area contributed by atoms with Crippen LogP contribution in [0.2, 0.25) is 0 Å². The van der Waals surface area contributed by atoms with Crippen molar-refractivity contribution < 1.29 is 4.79 Å². The Bertz CT molecular complexity index is 350. The Morgan fingerprint density at radius 2 is 2.27 bits per heavy atom. The molecule has 3 nitrogen and oxygen atoms in total. The summed E-state index contributed by atoms with van der Waals surface area (Å²) < 4.78 is 2.06. The summed E-state index contributed by atoms with van der Waals surface area (Å²) in [4.78, 5) is 13.1. The molecule has 0 radical (unpaired) electrons. The van der Waals surface area contributed by atoms with Crippen molar-refractivity contribution in [1.82, 2.24) is 9.47 Å². The van der Waals surface area contributed by atoms with Gasteiger partial charge in [-0.2, -0.15) is 0 Å². The van der Waals surface area contributed by atoms with Gasteiger partial charge in [0.25, 0.3) is 0 Å². The maximum absolute atomic E-state index is 10.8. The molecular weight excluding hydrogens is 188 g/mol. The van der Waals surface area contributed by atoms with Crippen molar-refractivity contribution in [1.29, 1.82) is 0 Å². The molecule has 0 N–H and O–H groups in total. The first kappa shape index (κ1) is 10.4. The topological polar surface area (TPSA) is 25.2 Å². The maximum Gasteiger partial charge on any atom is 0.166 e. The second-order valence-corrected chi connectivity index (χ2v) is 4.65. The number of likely N-dealkylation sites (N-methyl/N-ethyl adjacent to an activating group) is 1. The zero-order valence-electron chi connectivity index (χ0n) is 9.44. The summed E-state index contributed by atoms with van der Waals surface area (Å²) in [6, 6.07) is 3.81. The van der Waals surface area contributed by atoms with E-state index in [4.69, 9.17) is 0 Å². The van der Waals surface area contributed by atoms with E-state index in [1.165, 1.54) is 19.3 Å². The van der Waals surface area contributed by atoms with E-state index in [0.717, 1.165) is 18.5 Å². The average Bonchev–Trinajstić information content (AvgIpc) is 2.57. The van der Waals surface area contributed by atoms with Gasteiger partial charge in [-0.3, -0.25) is 4.79 Å². The van der Waals surface area contributed by atoms with Gasteiger partial charge in [0.15, 0.2) is 6.29 Å². The summed E-state index contributed by atoms with van der Waals surface area (Å²) in [6.45, 7) is 0.932. The Balaban J connectivity index is 2.16. The number of hydrogen-bond donors (Lipinski definition) is 0. The molecule has 0 amide bonds. The summed E-state index contributed by atoms with van der Waals surface area (Å²) in [5, 5.41) is 0. The Labute approximate surface area is 90.7 Å². The predicted octanol–water partition coefficient (Wildman–Crippen LogP) is 1.78. The predicted molar refractivity (Wildman–Crippen MR) is 60.1 cm³/mol.